The molecule has 3 aromatic rings. The van der Waals surface area contributed by atoms with E-state index < -0.39 is 16.0 Å². The van der Waals surface area contributed by atoms with Crippen molar-refractivity contribution in [2.75, 3.05) is 26.4 Å². The van der Waals surface area contributed by atoms with Crippen LogP contribution in [0.2, 0.25) is 0 Å². The summed E-state index contributed by atoms with van der Waals surface area (Å²) < 4.78 is 48.6. The Morgan fingerprint density at radius 1 is 1.12 bits per heavy atom. The van der Waals surface area contributed by atoms with Gasteiger partial charge >= 0.3 is 5.97 Å². The number of hydrogen-bond donors (Lipinski definition) is 1. The van der Waals surface area contributed by atoms with Gasteiger partial charge in [0.1, 0.15) is 13.2 Å². The molecular weight excluding hydrogens is 464 g/mol. The van der Waals surface area contributed by atoms with Gasteiger partial charge in [-0.1, -0.05) is 5.16 Å². The van der Waals surface area contributed by atoms with Crippen LogP contribution in [0.25, 0.3) is 11.4 Å². The predicted octanol–water partition coefficient (Wildman–Crippen LogP) is 2.14. The summed E-state index contributed by atoms with van der Waals surface area (Å²) in [5, 5.41) is 3.91. The quantitative estimate of drug-likeness (QED) is 0.315. The lowest BCUT2D eigenvalue weighted by Gasteiger charge is -2.18. The molecule has 0 fully saturated rings. The Labute approximate surface area is 196 Å². The summed E-state index contributed by atoms with van der Waals surface area (Å²) in [5.74, 6) is 1.41. The lowest BCUT2D eigenvalue weighted by atomic mass is 10.3. The van der Waals surface area contributed by atoms with Crippen molar-refractivity contribution in [1.82, 2.24) is 19.8 Å². The molecule has 34 heavy (non-hydrogen) atoms. The van der Waals surface area contributed by atoms with Crippen LogP contribution in [0.3, 0.4) is 0 Å². The van der Waals surface area contributed by atoms with Gasteiger partial charge in [0.05, 0.1) is 11.5 Å². The molecule has 1 N–H and O–H groups in total. The second-order valence-corrected chi connectivity index (χ2v) is 9.15. The molecule has 0 aliphatic carbocycles. The van der Waals surface area contributed by atoms with Crippen LogP contribution in [0.4, 0.5) is 0 Å². The van der Waals surface area contributed by atoms with Gasteiger partial charge in [0.2, 0.25) is 21.7 Å². The van der Waals surface area contributed by atoms with Crippen molar-refractivity contribution < 1.29 is 31.9 Å². The fourth-order valence-electron chi connectivity index (χ4n) is 3.16. The Hall–Kier alpha value is -3.51. The fourth-order valence-corrected chi connectivity index (χ4v) is 4.25. The normalized spacial score (nSPS) is 12.9. The van der Waals surface area contributed by atoms with E-state index in [1.807, 2.05) is 6.07 Å². The van der Waals surface area contributed by atoms with Crippen molar-refractivity contribution in [3.63, 3.8) is 0 Å². The lowest BCUT2D eigenvalue weighted by Crippen LogP contribution is -2.25. The van der Waals surface area contributed by atoms with E-state index >= 15 is 0 Å². The van der Waals surface area contributed by atoms with Gasteiger partial charge in [-0.05, 0) is 37.1 Å². The number of hydrogen-bond acceptors (Lipinski definition) is 10. The second-order valence-electron chi connectivity index (χ2n) is 7.38. The van der Waals surface area contributed by atoms with Crippen LogP contribution in [0.1, 0.15) is 25.2 Å². The molecular formula is C22H24N4O7S. The number of esters is 1. The monoisotopic (exact) mass is 488 g/mol. The van der Waals surface area contributed by atoms with E-state index in [1.54, 1.807) is 24.5 Å². The number of fused-ring (bicyclic) bond motifs is 1. The van der Waals surface area contributed by atoms with Crippen LogP contribution in [0.15, 0.2) is 52.1 Å². The van der Waals surface area contributed by atoms with Gasteiger partial charge < -0.3 is 18.7 Å². The van der Waals surface area contributed by atoms with Gasteiger partial charge in [-0.3, -0.25) is 9.78 Å². The average molecular weight is 489 g/mol. The highest BCUT2D eigenvalue weighted by molar-refractivity contribution is 7.89. The largest absolute Gasteiger partial charge is 0.486 e. The lowest BCUT2D eigenvalue weighted by molar-refractivity contribution is -0.143. The van der Waals surface area contributed by atoms with Crippen LogP contribution in [0, 0.1) is 0 Å². The molecule has 0 unspecified atom stereocenters. The van der Waals surface area contributed by atoms with Crippen molar-refractivity contribution in [3.8, 4) is 22.9 Å². The fraction of sp³-hybridized carbons (Fsp3) is 0.364. The third-order valence-corrected chi connectivity index (χ3v) is 6.32. The standard InChI is InChI=1S/C22H24N4O7S/c27-21(32-11-3-5-20-25-22(26-33-20)16-4-1-9-23-15-16)6-2-10-24-34(28,29)17-7-8-18-19(14-17)31-13-12-30-18/h1,4,7-9,14-15,24H,2-3,5-6,10-13H2. The van der Waals surface area contributed by atoms with Crippen LogP contribution in [-0.4, -0.2) is 55.9 Å². The van der Waals surface area contributed by atoms with Crippen molar-refractivity contribution in [2.45, 2.75) is 30.6 Å². The minimum absolute atomic E-state index is 0.0760. The minimum Gasteiger partial charge on any atom is -0.486 e. The van der Waals surface area contributed by atoms with E-state index in [2.05, 4.69) is 19.8 Å². The summed E-state index contributed by atoms with van der Waals surface area (Å²) in [6, 6.07) is 8.06. The summed E-state index contributed by atoms with van der Waals surface area (Å²) in [6.45, 7) is 1.10. The number of nitrogens with one attached hydrogen (secondary N) is 1. The number of sulfonamides is 1. The minimum atomic E-state index is -3.73. The van der Waals surface area contributed by atoms with Gasteiger partial charge in [0.25, 0.3) is 0 Å². The molecule has 0 saturated carbocycles. The molecule has 0 atom stereocenters. The van der Waals surface area contributed by atoms with E-state index in [0.717, 1.165) is 5.56 Å². The Kier molecular flexibility index (Phi) is 7.70. The topological polar surface area (TPSA) is 143 Å². The Morgan fingerprint density at radius 3 is 2.79 bits per heavy atom. The predicted molar refractivity (Wildman–Crippen MR) is 119 cm³/mol. The number of aryl methyl sites for hydroxylation is 1. The number of benzene rings is 1. The summed E-state index contributed by atoms with van der Waals surface area (Å²) in [6.07, 6.45) is 4.70. The molecule has 0 saturated heterocycles. The van der Waals surface area contributed by atoms with Crippen LogP contribution in [-0.2, 0) is 26.0 Å². The van der Waals surface area contributed by atoms with Crippen LogP contribution < -0.4 is 14.2 Å². The smallest absolute Gasteiger partial charge is 0.305 e. The number of ether oxygens (including phenoxy) is 3. The molecule has 1 aliphatic rings. The van der Waals surface area contributed by atoms with Crippen LogP contribution >= 0.6 is 0 Å². The van der Waals surface area contributed by atoms with Crippen molar-refractivity contribution in [1.29, 1.82) is 0 Å². The third kappa shape index (κ3) is 6.29. The number of rotatable bonds is 11. The summed E-state index contributed by atoms with van der Waals surface area (Å²) in [5.41, 5.74) is 0.758. The first-order chi connectivity index (χ1) is 16.5. The highest BCUT2D eigenvalue weighted by atomic mass is 32.2. The molecule has 2 aromatic heterocycles. The van der Waals surface area contributed by atoms with Gasteiger partial charge in [0, 0.05) is 43.4 Å². The number of carbonyl (C=O) groups is 1. The zero-order valence-electron chi connectivity index (χ0n) is 18.3. The summed E-state index contributed by atoms with van der Waals surface area (Å²) >= 11 is 0. The first-order valence-electron chi connectivity index (χ1n) is 10.8. The van der Waals surface area contributed by atoms with Crippen molar-refractivity contribution >= 4 is 16.0 Å². The molecule has 3 heterocycles. The molecule has 12 heteroatoms. The average Bonchev–Trinajstić information content (AvgIpc) is 3.34. The Morgan fingerprint density at radius 2 is 1.97 bits per heavy atom. The highest BCUT2D eigenvalue weighted by Gasteiger charge is 2.19. The number of nitrogens with zero attached hydrogens (tertiary/aromatic N) is 3. The van der Waals surface area contributed by atoms with Gasteiger partial charge in [0.15, 0.2) is 11.5 Å². The molecule has 0 radical (unpaired) electrons. The van der Waals surface area contributed by atoms with E-state index in [0.29, 0.717) is 55.7 Å². The molecule has 0 spiro atoms. The molecule has 1 aliphatic heterocycles. The zero-order valence-corrected chi connectivity index (χ0v) is 19.1. The second kappa shape index (κ2) is 11.1. The molecule has 180 valence electrons. The maximum absolute atomic E-state index is 12.5. The van der Waals surface area contributed by atoms with E-state index in [9.17, 15) is 13.2 Å². The Balaban J connectivity index is 1.12. The highest BCUT2D eigenvalue weighted by Crippen LogP contribution is 2.32. The van der Waals surface area contributed by atoms with Crippen LogP contribution in [0.5, 0.6) is 11.5 Å². The van der Waals surface area contributed by atoms with Gasteiger partial charge in [-0.15, -0.1) is 0 Å². The SMILES string of the molecule is O=C(CCCNS(=O)(=O)c1ccc2c(c1)OCCO2)OCCCc1nc(-c2cccnc2)no1. The van der Waals surface area contributed by atoms with Gasteiger partial charge in [-0.25, -0.2) is 13.1 Å². The number of aromatic nitrogens is 3. The molecule has 0 amide bonds. The number of carbonyl (C=O) groups excluding carboxylic acids is 1. The molecule has 11 nitrogen and oxygen atoms in total. The van der Waals surface area contributed by atoms with Crippen molar-refractivity contribution in [3.05, 3.63) is 48.6 Å². The molecule has 0 bridgehead atoms. The van der Waals surface area contributed by atoms with E-state index in [-0.39, 0.29) is 24.5 Å². The maximum atomic E-state index is 12.5. The van der Waals surface area contributed by atoms with E-state index in [1.165, 1.54) is 12.1 Å². The summed E-state index contributed by atoms with van der Waals surface area (Å²) in [7, 11) is -3.73. The van der Waals surface area contributed by atoms with E-state index in [4.69, 9.17) is 18.7 Å². The molecule has 1 aromatic carbocycles. The first kappa shape index (κ1) is 23.6. The Bertz CT molecular complexity index is 1220. The first-order valence-corrected chi connectivity index (χ1v) is 12.3. The maximum Gasteiger partial charge on any atom is 0.305 e. The zero-order chi connectivity index (χ0) is 23.8. The molecule has 4 rings (SSSR count). The number of pyridine rings is 1. The van der Waals surface area contributed by atoms with Crippen molar-refractivity contribution in [2.24, 2.45) is 0 Å². The summed E-state index contributed by atoms with van der Waals surface area (Å²) in [4.78, 5) is 20.3. The third-order valence-electron chi connectivity index (χ3n) is 4.86. The van der Waals surface area contributed by atoms with Gasteiger partial charge in [-0.2, -0.15) is 4.98 Å².